The predicted molar refractivity (Wildman–Crippen MR) is 116 cm³/mol. The number of hydrogen-bond acceptors (Lipinski definition) is 5. The first-order chi connectivity index (χ1) is 14.3. The standard InChI is InChI=1S/C20H19N5O4S/c1-11-9-14-17(30-11)22-20(29)24(18(14)27)10-15(26)21-16-12(2)23(3)25(19(16)28)13-7-5-4-6-8-13/h4-9H,10H2,1-3H3,(H,21,26)(H,22,29). The molecule has 0 radical (unpaired) electrons. The Morgan fingerprint density at radius 1 is 1.10 bits per heavy atom. The molecule has 30 heavy (non-hydrogen) atoms. The molecular weight excluding hydrogens is 406 g/mol. The molecule has 154 valence electrons. The van der Waals surface area contributed by atoms with Gasteiger partial charge >= 0.3 is 5.69 Å². The molecule has 4 aromatic rings. The molecule has 1 aromatic carbocycles. The molecule has 0 spiro atoms. The number of thiophene rings is 1. The van der Waals surface area contributed by atoms with Crippen LogP contribution in [0.15, 0.2) is 50.8 Å². The summed E-state index contributed by atoms with van der Waals surface area (Å²) in [6, 6.07) is 10.7. The smallest absolute Gasteiger partial charge is 0.318 e. The topological polar surface area (TPSA) is 111 Å². The van der Waals surface area contributed by atoms with E-state index in [0.717, 1.165) is 9.44 Å². The van der Waals surface area contributed by atoms with Crippen molar-refractivity contribution >= 4 is 33.1 Å². The van der Waals surface area contributed by atoms with Crippen molar-refractivity contribution in [3.63, 3.8) is 0 Å². The molecule has 3 heterocycles. The van der Waals surface area contributed by atoms with Crippen LogP contribution in [0.2, 0.25) is 0 Å². The van der Waals surface area contributed by atoms with Crippen LogP contribution < -0.4 is 22.1 Å². The third-order valence-corrected chi connectivity index (χ3v) is 5.88. The van der Waals surface area contributed by atoms with E-state index in [2.05, 4.69) is 10.3 Å². The van der Waals surface area contributed by atoms with Crippen molar-refractivity contribution in [2.45, 2.75) is 20.4 Å². The molecule has 2 N–H and O–H groups in total. The highest BCUT2D eigenvalue weighted by Gasteiger charge is 2.19. The van der Waals surface area contributed by atoms with Crippen molar-refractivity contribution in [3.05, 3.63) is 78.2 Å². The van der Waals surface area contributed by atoms with Gasteiger partial charge in [0.05, 0.1) is 16.8 Å². The average molecular weight is 425 g/mol. The highest BCUT2D eigenvalue weighted by molar-refractivity contribution is 7.18. The van der Waals surface area contributed by atoms with Gasteiger partial charge in [-0.05, 0) is 32.0 Å². The van der Waals surface area contributed by atoms with Gasteiger partial charge in [-0.15, -0.1) is 11.3 Å². The molecule has 0 unspecified atom stereocenters. The number of anilines is 1. The van der Waals surface area contributed by atoms with Gasteiger partial charge in [0, 0.05) is 11.9 Å². The highest BCUT2D eigenvalue weighted by Crippen LogP contribution is 2.18. The van der Waals surface area contributed by atoms with E-state index >= 15 is 0 Å². The summed E-state index contributed by atoms with van der Waals surface area (Å²) < 4.78 is 3.90. The lowest BCUT2D eigenvalue weighted by Gasteiger charge is -2.07. The van der Waals surface area contributed by atoms with E-state index in [1.807, 2.05) is 25.1 Å². The third-order valence-electron chi connectivity index (χ3n) is 4.92. The number of aromatic nitrogens is 4. The largest absolute Gasteiger partial charge is 0.329 e. The van der Waals surface area contributed by atoms with Gasteiger partial charge in [0.15, 0.2) is 0 Å². The number of rotatable bonds is 4. The van der Waals surface area contributed by atoms with Gasteiger partial charge in [-0.2, -0.15) is 0 Å². The molecule has 0 bridgehead atoms. The van der Waals surface area contributed by atoms with E-state index in [4.69, 9.17) is 0 Å². The number of carbonyl (C=O) groups is 1. The molecule has 0 aliphatic heterocycles. The van der Waals surface area contributed by atoms with Crippen LogP contribution in [0.4, 0.5) is 5.69 Å². The normalized spacial score (nSPS) is 11.2. The lowest BCUT2D eigenvalue weighted by molar-refractivity contribution is -0.116. The van der Waals surface area contributed by atoms with Gasteiger partial charge in [-0.1, -0.05) is 18.2 Å². The Kier molecular flexibility index (Phi) is 4.78. The second-order valence-electron chi connectivity index (χ2n) is 6.91. The van der Waals surface area contributed by atoms with E-state index < -0.39 is 29.3 Å². The van der Waals surface area contributed by atoms with E-state index in [9.17, 15) is 19.2 Å². The zero-order valence-electron chi connectivity index (χ0n) is 16.6. The number of nitrogens with one attached hydrogen (secondary N) is 2. The number of aromatic amines is 1. The Bertz CT molecular complexity index is 1450. The molecule has 0 saturated carbocycles. The first kappa shape index (κ1) is 19.6. The summed E-state index contributed by atoms with van der Waals surface area (Å²) in [5, 5.41) is 2.92. The summed E-state index contributed by atoms with van der Waals surface area (Å²) >= 11 is 1.30. The molecular formula is C20H19N5O4S. The van der Waals surface area contributed by atoms with Gasteiger partial charge in [-0.25, -0.2) is 9.48 Å². The van der Waals surface area contributed by atoms with Crippen LogP contribution in [0.5, 0.6) is 0 Å². The Labute approximate surface area is 173 Å². The summed E-state index contributed by atoms with van der Waals surface area (Å²) in [7, 11) is 1.71. The van der Waals surface area contributed by atoms with E-state index in [-0.39, 0.29) is 5.69 Å². The van der Waals surface area contributed by atoms with Crippen molar-refractivity contribution in [1.82, 2.24) is 18.9 Å². The molecule has 3 aromatic heterocycles. The molecule has 0 saturated heterocycles. The summed E-state index contributed by atoms with van der Waals surface area (Å²) in [6.07, 6.45) is 0. The first-order valence-corrected chi connectivity index (χ1v) is 9.96. The second-order valence-corrected chi connectivity index (χ2v) is 8.16. The number of carbonyl (C=O) groups excluding carboxylic acids is 1. The molecule has 1 amide bonds. The molecule has 10 heteroatoms. The lowest BCUT2D eigenvalue weighted by Crippen LogP contribution is -2.38. The monoisotopic (exact) mass is 425 g/mol. The van der Waals surface area contributed by atoms with E-state index in [1.165, 1.54) is 16.0 Å². The highest BCUT2D eigenvalue weighted by atomic mass is 32.1. The number of H-pyrrole nitrogens is 1. The Balaban J connectivity index is 1.68. The summed E-state index contributed by atoms with van der Waals surface area (Å²) in [5.41, 5.74) is -0.319. The molecule has 9 nitrogen and oxygen atoms in total. The van der Waals surface area contributed by atoms with Crippen LogP contribution in [0.3, 0.4) is 0 Å². The number of hydrogen-bond donors (Lipinski definition) is 2. The number of amides is 1. The number of benzene rings is 1. The van der Waals surface area contributed by atoms with Crippen LogP contribution in [0, 0.1) is 13.8 Å². The molecule has 0 aliphatic rings. The lowest BCUT2D eigenvalue weighted by atomic mass is 10.3. The number of aryl methyl sites for hydroxylation is 1. The fourth-order valence-corrected chi connectivity index (χ4v) is 4.24. The van der Waals surface area contributed by atoms with Crippen molar-refractivity contribution in [1.29, 1.82) is 0 Å². The van der Waals surface area contributed by atoms with Crippen LogP contribution >= 0.6 is 11.3 Å². The van der Waals surface area contributed by atoms with Crippen LogP contribution in [-0.4, -0.2) is 24.8 Å². The minimum absolute atomic E-state index is 0.100. The van der Waals surface area contributed by atoms with Crippen LogP contribution in [-0.2, 0) is 18.4 Å². The predicted octanol–water partition coefficient (Wildman–Crippen LogP) is 1.50. The van der Waals surface area contributed by atoms with Gasteiger partial charge < -0.3 is 5.32 Å². The Morgan fingerprint density at radius 2 is 1.80 bits per heavy atom. The van der Waals surface area contributed by atoms with Crippen LogP contribution in [0.25, 0.3) is 15.9 Å². The summed E-state index contributed by atoms with van der Waals surface area (Å²) in [6.45, 7) is 3.03. The SMILES string of the molecule is Cc1cc2c(=O)n(CC(=O)Nc3c(C)n(C)n(-c4ccccc4)c3=O)c(=O)[nH]c2s1. The third kappa shape index (κ3) is 3.20. The van der Waals surface area contributed by atoms with E-state index in [1.54, 1.807) is 36.9 Å². The summed E-state index contributed by atoms with van der Waals surface area (Å²) in [4.78, 5) is 54.4. The molecule has 0 atom stereocenters. The minimum atomic E-state index is -0.670. The maximum atomic E-state index is 12.9. The number of fused-ring (bicyclic) bond motifs is 1. The fourth-order valence-electron chi connectivity index (χ4n) is 3.35. The van der Waals surface area contributed by atoms with Gasteiger partial charge in [-0.3, -0.25) is 28.6 Å². The maximum Gasteiger partial charge on any atom is 0.329 e. The molecule has 0 aliphatic carbocycles. The summed E-state index contributed by atoms with van der Waals surface area (Å²) in [5.74, 6) is -0.639. The molecule has 0 fully saturated rings. The van der Waals surface area contributed by atoms with Crippen molar-refractivity contribution < 1.29 is 4.79 Å². The quantitative estimate of drug-likeness (QED) is 0.516. The fraction of sp³-hybridized carbons (Fsp3) is 0.200. The van der Waals surface area contributed by atoms with Gasteiger partial charge in [0.2, 0.25) is 5.91 Å². The zero-order chi connectivity index (χ0) is 21.6. The van der Waals surface area contributed by atoms with Crippen molar-refractivity contribution in [3.8, 4) is 5.69 Å². The Morgan fingerprint density at radius 3 is 2.50 bits per heavy atom. The maximum absolute atomic E-state index is 12.9. The zero-order valence-corrected chi connectivity index (χ0v) is 17.4. The average Bonchev–Trinajstić information content (AvgIpc) is 3.18. The van der Waals surface area contributed by atoms with Crippen molar-refractivity contribution in [2.75, 3.05) is 5.32 Å². The second kappa shape index (κ2) is 7.30. The van der Waals surface area contributed by atoms with Gasteiger partial charge in [0.1, 0.15) is 17.1 Å². The Hall–Kier alpha value is -3.66. The first-order valence-electron chi connectivity index (χ1n) is 9.15. The number of nitrogens with zero attached hydrogens (tertiary/aromatic N) is 3. The molecule has 4 rings (SSSR count). The minimum Gasteiger partial charge on any atom is -0.318 e. The van der Waals surface area contributed by atoms with E-state index in [0.29, 0.717) is 21.6 Å². The van der Waals surface area contributed by atoms with Gasteiger partial charge in [0.25, 0.3) is 11.1 Å². The van der Waals surface area contributed by atoms with Crippen molar-refractivity contribution in [2.24, 2.45) is 7.05 Å². The van der Waals surface area contributed by atoms with Crippen LogP contribution in [0.1, 0.15) is 10.6 Å². The number of para-hydroxylation sites is 1.